The second-order valence-corrected chi connectivity index (χ2v) is 5.66. The largest absolute Gasteiger partial charge is 0.316 e. The molecule has 0 saturated carbocycles. The molecule has 0 bridgehead atoms. The van der Waals surface area contributed by atoms with E-state index in [1.54, 1.807) is 0 Å². The fourth-order valence-corrected chi connectivity index (χ4v) is 2.83. The zero-order valence-electron chi connectivity index (χ0n) is 13.9. The van der Waals surface area contributed by atoms with E-state index in [2.05, 4.69) is 48.1 Å². The van der Waals surface area contributed by atoms with Crippen LogP contribution < -0.4 is 5.32 Å². The number of nitrogens with one attached hydrogen (secondary N) is 1. The summed E-state index contributed by atoms with van der Waals surface area (Å²) >= 11 is 0. The van der Waals surface area contributed by atoms with Crippen LogP contribution in [0.25, 0.3) is 5.95 Å². The normalized spacial score (nSPS) is 12.7. The van der Waals surface area contributed by atoms with Crippen molar-refractivity contribution in [1.29, 1.82) is 0 Å². The quantitative estimate of drug-likeness (QED) is 0.918. The fraction of sp³-hybridized carbons (Fsp3) is 0.562. The van der Waals surface area contributed by atoms with Crippen LogP contribution in [-0.4, -0.2) is 32.8 Å². The van der Waals surface area contributed by atoms with Gasteiger partial charge in [-0.3, -0.25) is 0 Å². The average Bonchev–Trinajstić information content (AvgIpc) is 2.70. The first kappa shape index (κ1) is 15.6. The standard InChI is InChI=1S/C16H25N5/c1-7-17-9-10(2)15-13(5)20-21(14(15)6)16-18-11(3)8-12(4)19-16/h8,10,17H,7,9H2,1-6H3. The van der Waals surface area contributed by atoms with Gasteiger partial charge in [0, 0.05) is 29.2 Å². The second kappa shape index (κ2) is 6.35. The van der Waals surface area contributed by atoms with Crippen molar-refractivity contribution >= 4 is 0 Å². The summed E-state index contributed by atoms with van der Waals surface area (Å²) in [5.41, 5.74) is 5.40. The van der Waals surface area contributed by atoms with Crippen LogP contribution in [0, 0.1) is 27.7 Å². The van der Waals surface area contributed by atoms with Gasteiger partial charge in [-0.25, -0.2) is 14.6 Å². The maximum absolute atomic E-state index is 4.66. The lowest BCUT2D eigenvalue weighted by Crippen LogP contribution is -2.20. The van der Waals surface area contributed by atoms with Gasteiger partial charge in [-0.2, -0.15) is 5.10 Å². The Morgan fingerprint density at radius 1 is 1.14 bits per heavy atom. The summed E-state index contributed by atoms with van der Waals surface area (Å²) in [5.74, 6) is 1.08. The van der Waals surface area contributed by atoms with Gasteiger partial charge in [0.1, 0.15) is 0 Å². The van der Waals surface area contributed by atoms with Crippen LogP contribution in [0.5, 0.6) is 0 Å². The van der Waals surface area contributed by atoms with E-state index in [1.807, 2.05) is 24.6 Å². The third kappa shape index (κ3) is 3.29. The summed E-state index contributed by atoms with van der Waals surface area (Å²) < 4.78 is 1.87. The van der Waals surface area contributed by atoms with E-state index in [9.17, 15) is 0 Å². The molecule has 0 spiro atoms. The minimum absolute atomic E-state index is 0.421. The fourth-order valence-electron chi connectivity index (χ4n) is 2.83. The lowest BCUT2D eigenvalue weighted by Gasteiger charge is -2.13. The molecule has 21 heavy (non-hydrogen) atoms. The molecular weight excluding hydrogens is 262 g/mol. The molecule has 0 aliphatic carbocycles. The molecule has 0 saturated heterocycles. The van der Waals surface area contributed by atoms with E-state index >= 15 is 0 Å². The Labute approximate surface area is 126 Å². The summed E-state index contributed by atoms with van der Waals surface area (Å²) in [7, 11) is 0. The highest BCUT2D eigenvalue weighted by atomic mass is 15.4. The van der Waals surface area contributed by atoms with Gasteiger partial charge >= 0.3 is 0 Å². The lowest BCUT2D eigenvalue weighted by atomic mass is 9.99. The van der Waals surface area contributed by atoms with E-state index in [-0.39, 0.29) is 0 Å². The van der Waals surface area contributed by atoms with E-state index in [1.165, 1.54) is 5.56 Å². The molecular formula is C16H25N5. The number of rotatable bonds is 5. The Bertz CT molecular complexity index is 610. The zero-order valence-corrected chi connectivity index (χ0v) is 13.9. The van der Waals surface area contributed by atoms with Gasteiger partial charge in [-0.1, -0.05) is 13.8 Å². The summed E-state index contributed by atoms with van der Waals surface area (Å²) in [6, 6.07) is 1.98. The number of nitrogens with zero attached hydrogens (tertiary/aromatic N) is 4. The van der Waals surface area contributed by atoms with E-state index in [0.717, 1.165) is 35.9 Å². The summed E-state index contributed by atoms with van der Waals surface area (Å²) in [6.45, 7) is 14.4. The average molecular weight is 287 g/mol. The number of hydrogen-bond acceptors (Lipinski definition) is 4. The first-order chi connectivity index (χ1) is 9.93. The molecule has 5 nitrogen and oxygen atoms in total. The van der Waals surface area contributed by atoms with Crippen molar-refractivity contribution in [2.24, 2.45) is 0 Å². The Hall–Kier alpha value is -1.75. The van der Waals surface area contributed by atoms with Crippen molar-refractivity contribution in [2.45, 2.75) is 47.5 Å². The van der Waals surface area contributed by atoms with Gasteiger partial charge in [0.25, 0.3) is 5.95 Å². The lowest BCUT2D eigenvalue weighted by molar-refractivity contribution is 0.629. The second-order valence-electron chi connectivity index (χ2n) is 5.66. The van der Waals surface area contributed by atoms with Crippen LogP contribution in [0.4, 0.5) is 0 Å². The van der Waals surface area contributed by atoms with Gasteiger partial charge < -0.3 is 5.32 Å². The molecule has 5 heteroatoms. The molecule has 0 aromatic carbocycles. The van der Waals surface area contributed by atoms with Crippen LogP contribution in [0.2, 0.25) is 0 Å². The summed E-state index contributed by atoms with van der Waals surface area (Å²) in [5, 5.41) is 8.06. The third-order valence-electron chi connectivity index (χ3n) is 3.70. The first-order valence-corrected chi connectivity index (χ1v) is 7.53. The number of likely N-dealkylation sites (N-methyl/N-ethyl adjacent to an activating group) is 1. The maximum atomic E-state index is 4.66. The molecule has 2 rings (SSSR count). The van der Waals surface area contributed by atoms with E-state index in [0.29, 0.717) is 11.9 Å². The molecule has 0 aliphatic rings. The molecule has 2 aromatic rings. The van der Waals surface area contributed by atoms with Crippen molar-refractivity contribution < 1.29 is 0 Å². The molecule has 0 radical (unpaired) electrons. The minimum Gasteiger partial charge on any atom is -0.316 e. The highest BCUT2D eigenvalue weighted by Gasteiger charge is 2.19. The van der Waals surface area contributed by atoms with Crippen LogP contribution in [-0.2, 0) is 0 Å². The number of hydrogen-bond donors (Lipinski definition) is 1. The predicted molar refractivity (Wildman–Crippen MR) is 85.1 cm³/mol. The van der Waals surface area contributed by atoms with Crippen molar-refractivity contribution in [1.82, 2.24) is 25.1 Å². The predicted octanol–water partition coefficient (Wildman–Crippen LogP) is 2.61. The number of aromatic nitrogens is 4. The first-order valence-electron chi connectivity index (χ1n) is 7.53. The summed E-state index contributed by atoms with van der Waals surface area (Å²) in [6.07, 6.45) is 0. The Morgan fingerprint density at radius 2 is 1.76 bits per heavy atom. The van der Waals surface area contributed by atoms with Crippen LogP contribution in [0.3, 0.4) is 0 Å². The highest BCUT2D eigenvalue weighted by Crippen LogP contribution is 2.24. The molecule has 0 aliphatic heterocycles. The van der Waals surface area contributed by atoms with Crippen LogP contribution in [0.15, 0.2) is 6.07 Å². The Morgan fingerprint density at radius 3 is 2.33 bits per heavy atom. The maximum Gasteiger partial charge on any atom is 0.251 e. The molecule has 2 heterocycles. The smallest absolute Gasteiger partial charge is 0.251 e. The van der Waals surface area contributed by atoms with Gasteiger partial charge in [0.2, 0.25) is 0 Å². The minimum atomic E-state index is 0.421. The molecule has 0 amide bonds. The molecule has 2 aromatic heterocycles. The van der Waals surface area contributed by atoms with Crippen molar-refractivity contribution in [2.75, 3.05) is 13.1 Å². The number of aryl methyl sites for hydroxylation is 3. The van der Waals surface area contributed by atoms with Crippen LogP contribution >= 0.6 is 0 Å². The van der Waals surface area contributed by atoms with Crippen molar-refractivity contribution in [3.05, 3.63) is 34.4 Å². The van der Waals surface area contributed by atoms with Crippen LogP contribution in [0.1, 0.15) is 48.1 Å². The molecule has 1 atom stereocenters. The van der Waals surface area contributed by atoms with Gasteiger partial charge in [0.05, 0.1) is 5.69 Å². The van der Waals surface area contributed by atoms with Gasteiger partial charge in [-0.05, 0) is 46.2 Å². The topological polar surface area (TPSA) is 55.6 Å². The SMILES string of the molecule is CCNCC(C)c1c(C)nn(-c2nc(C)cc(C)n2)c1C. The molecule has 114 valence electrons. The highest BCUT2D eigenvalue weighted by molar-refractivity contribution is 5.33. The third-order valence-corrected chi connectivity index (χ3v) is 3.70. The molecule has 0 fully saturated rings. The van der Waals surface area contributed by atoms with Gasteiger partial charge in [0.15, 0.2) is 0 Å². The Balaban J connectivity index is 2.43. The monoisotopic (exact) mass is 287 g/mol. The van der Waals surface area contributed by atoms with Crippen molar-refractivity contribution in [3.8, 4) is 5.95 Å². The Kier molecular flexibility index (Phi) is 4.73. The zero-order chi connectivity index (χ0) is 15.6. The van der Waals surface area contributed by atoms with Crippen molar-refractivity contribution in [3.63, 3.8) is 0 Å². The molecule has 1 N–H and O–H groups in total. The summed E-state index contributed by atoms with van der Waals surface area (Å²) in [4.78, 5) is 9.03. The molecule has 1 unspecified atom stereocenters. The van der Waals surface area contributed by atoms with Gasteiger partial charge in [-0.15, -0.1) is 0 Å². The van der Waals surface area contributed by atoms with E-state index in [4.69, 9.17) is 0 Å². The van der Waals surface area contributed by atoms with E-state index < -0.39 is 0 Å².